The van der Waals surface area contributed by atoms with Crippen molar-refractivity contribution in [2.24, 2.45) is 0 Å². The van der Waals surface area contributed by atoms with E-state index in [0.717, 1.165) is 28.0 Å². The second-order valence-electron chi connectivity index (χ2n) is 4.34. The molecule has 0 aliphatic carbocycles. The predicted octanol–water partition coefficient (Wildman–Crippen LogP) is 3.00. The summed E-state index contributed by atoms with van der Waals surface area (Å²) >= 11 is 5.21. The minimum absolute atomic E-state index is 0.0831. The average Bonchev–Trinajstić information content (AvgIpc) is 2.41. The number of aliphatic hydroxyl groups is 1. The van der Waals surface area contributed by atoms with E-state index in [1.165, 1.54) is 5.56 Å². The molecule has 0 atom stereocenters. The van der Waals surface area contributed by atoms with Gasteiger partial charge in [-0.25, -0.2) is 0 Å². The molecule has 110 valence electrons. The van der Waals surface area contributed by atoms with Crippen LogP contribution in [0.4, 0.5) is 0 Å². The molecule has 0 aromatic heterocycles. The lowest BCUT2D eigenvalue weighted by Crippen LogP contribution is -2.23. The van der Waals surface area contributed by atoms with E-state index in [2.05, 4.69) is 21.2 Å². The van der Waals surface area contributed by atoms with Gasteiger partial charge in [-0.1, -0.05) is 28.1 Å². The molecule has 0 aliphatic heterocycles. The summed E-state index contributed by atoms with van der Waals surface area (Å²) in [7, 11) is 0. The minimum Gasteiger partial charge on any atom is -0.396 e. The summed E-state index contributed by atoms with van der Waals surface area (Å²) in [6, 6.07) is 6.02. The number of thioether (sulfide) groups is 1. The molecule has 3 nitrogen and oxygen atoms in total. The summed E-state index contributed by atoms with van der Waals surface area (Å²) in [4.78, 5) is 11.6. The largest absolute Gasteiger partial charge is 0.396 e. The maximum absolute atomic E-state index is 11.6. The summed E-state index contributed by atoms with van der Waals surface area (Å²) in [6.07, 6.45) is 4.16. The van der Waals surface area contributed by atoms with Crippen LogP contribution in [0.2, 0.25) is 0 Å². The van der Waals surface area contributed by atoms with E-state index in [4.69, 9.17) is 5.11 Å². The number of carbonyl (C=O) groups is 1. The Hall–Kier alpha value is -0.780. The van der Waals surface area contributed by atoms with Crippen molar-refractivity contribution in [1.82, 2.24) is 5.32 Å². The Balaban J connectivity index is 2.29. The van der Waals surface area contributed by atoms with Gasteiger partial charge in [-0.3, -0.25) is 4.79 Å². The maximum Gasteiger partial charge on any atom is 0.244 e. The highest BCUT2D eigenvalue weighted by atomic mass is 79.9. The molecule has 2 N–H and O–H groups in total. The molecule has 1 rings (SSSR count). The summed E-state index contributed by atoms with van der Waals surface area (Å²) in [5.41, 5.74) is 2.17. The van der Waals surface area contributed by atoms with E-state index < -0.39 is 0 Å². The first kappa shape index (κ1) is 17.3. The van der Waals surface area contributed by atoms with Crippen LogP contribution >= 0.6 is 27.7 Å². The van der Waals surface area contributed by atoms with E-state index >= 15 is 0 Å². The fraction of sp³-hybridized carbons (Fsp3) is 0.400. The van der Waals surface area contributed by atoms with Crippen LogP contribution in [-0.4, -0.2) is 35.7 Å². The smallest absolute Gasteiger partial charge is 0.244 e. The van der Waals surface area contributed by atoms with Crippen molar-refractivity contribution in [2.45, 2.75) is 13.3 Å². The number of hydrogen-bond acceptors (Lipinski definition) is 3. The molecule has 0 saturated heterocycles. The lowest BCUT2D eigenvalue weighted by molar-refractivity contribution is -0.116. The van der Waals surface area contributed by atoms with Gasteiger partial charge in [-0.15, -0.1) is 0 Å². The van der Waals surface area contributed by atoms with Crippen LogP contribution in [0.15, 0.2) is 28.7 Å². The Morgan fingerprint density at radius 3 is 2.95 bits per heavy atom. The minimum atomic E-state index is -0.0831. The maximum atomic E-state index is 11.6. The Morgan fingerprint density at radius 2 is 2.25 bits per heavy atom. The van der Waals surface area contributed by atoms with Gasteiger partial charge in [0.05, 0.1) is 0 Å². The molecule has 0 saturated carbocycles. The molecule has 5 heteroatoms. The van der Waals surface area contributed by atoms with Gasteiger partial charge in [0.25, 0.3) is 0 Å². The molecule has 0 aliphatic rings. The SMILES string of the molecule is Cc1ccc(/C=C/C(=O)NCCSCCCO)c(Br)c1. The van der Waals surface area contributed by atoms with Crippen molar-refractivity contribution in [3.63, 3.8) is 0 Å². The van der Waals surface area contributed by atoms with E-state index in [0.29, 0.717) is 6.54 Å². The fourth-order valence-corrected chi connectivity index (χ4v) is 2.92. The fourth-order valence-electron chi connectivity index (χ4n) is 1.51. The van der Waals surface area contributed by atoms with E-state index in [1.54, 1.807) is 23.9 Å². The number of aryl methyl sites for hydroxylation is 1. The van der Waals surface area contributed by atoms with Crippen LogP contribution in [0.5, 0.6) is 0 Å². The van der Waals surface area contributed by atoms with Crippen molar-refractivity contribution in [3.05, 3.63) is 39.9 Å². The van der Waals surface area contributed by atoms with E-state index in [-0.39, 0.29) is 12.5 Å². The lowest BCUT2D eigenvalue weighted by Gasteiger charge is -2.02. The summed E-state index contributed by atoms with van der Waals surface area (Å²) < 4.78 is 0.987. The molecule has 0 unspecified atom stereocenters. The van der Waals surface area contributed by atoms with Gasteiger partial charge < -0.3 is 10.4 Å². The normalized spacial score (nSPS) is 10.9. The zero-order valence-electron chi connectivity index (χ0n) is 11.6. The zero-order chi connectivity index (χ0) is 14.8. The first-order valence-electron chi connectivity index (χ1n) is 6.54. The predicted molar refractivity (Wildman–Crippen MR) is 90.0 cm³/mol. The van der Waals surface area contributed by atoms with Crippen molar-refractivity contribution < 1.29 is 9.90 Å². The van der Waals surface area contributed by atoms with Gasteiger partial charge >= 0.3 is 0 Å². The molecule has 1 aromatic carbocycles. The monoisotopic (exact) mass is 357 g/mol. The Labute approximate surface area is 133 Å². The van der Waals surface area contributed by atoms with Crippen LogP contribution in [0.1, 0.15) is 17.5 Å². The third-order valence-electron chi connectivity index (χ3n) is 2.56. The van der Waals surface area contributed by atoms with Gasteiger partial charge in [0.2, 0.25) is 5.91 Å². The van der Waals surface area contributed by atoms with Gasteiger partial charge in [0.15, 0.2) is 0 Å². The second kappa shape index (κ2) is 10.0. The summed E-state index contributed by atoms with van der Waals surface area (Å²) in [5.74, 6) is 1.71. The zero-order valence-corrected chi connectivity index (χ0v) is 14.0. The first-order chi connectivity index (χ1) is 9.63. The van der Waals surface area contributed by atoms with E-state index in [1.807, 2.05) is 25.1 Å². The average molecular weight is 358 g/mol. The van der Waals surface area contributed by atoms with Crippen LogP contribution in [0.3, 0.4) is 0 Å². The number of halogens is 1. The van der Waals surface area contributed by atoms with Crippen LogP contribution < -0.4 is 5.32 Å². The van der Waals surface area contributed by atoms with Gasteiger partial charge in [0, 0.05) is 29.5 Å². The Kier molecular flexibility index (Phi) is 8.65. The first-order valence-corrected chi connectivity index (χ1v) is 8.49. The van der Waals surface area contributed by atoms with Crippen LogP contribution in [-0.2, 0) is 4.79 Å². The lowest BCUT2D eigenvalue weighted by atomic mass is 10.1. The molecule has 0 bridgehead atoms. The highest BCUT2D eigenvalue weighted by Gasteiger charge is 1.98. The summed E-state index contributed by atoms with van der Waals surface area (Å²) in [5, 5.41) is 11.5. The molecule has 0 heterocycles. The van der Waals surface area contributed by atoms with Crippen molar-refractivity contribution in [2.75, 3.05) is 24.7 Å². The molecule has 1 aromatic rings. The van der Waals surface area contributed by atoms with Crippen LogP contribution in [0, 0.1) is 6.92 Å². The van der Waals surface area contributed by atoms with Gasteiger partial charge in [-0.2, -0.15) is 11.8 Å². The van der Waals surface area contributed by atoms with E-state index in [9.17, 15) is 4.79 Å². The third-order valence-corrected chi connectivity index (χ3v) is 4.32. The molecule has 20 heavy (non-hydrogen) atoms. The molecular formula is C15H20BrNO2S. The number of benzene rings is 1. The third kappa shape index (κ3) is 7.12. The summed E-state index contributed by atoms with van der Waals surface area (Å²) in [6.45, 7) is 2.90. The second-order valence-corrected chi connectivity index (χ2v) is 6.42. The molecule has 1 amide bonds. The quantitative estimate of drug-likeness (QED) is 0.555. The number of aliphatic hydroxyl groups excluding tert-OH is 1. The number of rotatable bonds is 8. The van der Waals surface area contributed by atoms with Crippen molar-refractivity contribution in [1.29, 1.82) is 0 Å². The van der Waals surface area contributed by atoms with Crippen LogP contribution in [0.25, 0.3) is 6.08 Å². The van der Waals surface area contributed by atoms with Gasteiger partial charge in [0.1, 0.15) is 0 Å². The highest BCUT2D eigenvalue weighted by Crippen LogP contribution is 2.19. The highest BCUT2D eigenvalue weighted by molar-refractivity contribution is 9.10. The molecular weight excluding hydrogens is 338 g/mol. The van der Waals surface area contributed by atoms with Gasteiger partial charge in [-0.05, 0) is 42.4 Å². The Bertz CT molecular complexity index is 463. The number of hydrogen-bond donors (Lipinski definition) is 2. The number of carbonyl (C=O) groups excluding carboxylic acids is 1. The Morgan fingerprint density at radius 1 is 1.45 bits per heavy atom. The molecule has 0 radical (unpaired) electrons. The number of nitrogens with one attached hydrogen (secondary N) is 1. The topological polar surface area (TPSA) is 49.3 Å². The standard InChI is InChI=1S/C15H20BrNO2S/c1-12-3-4-13(14(16)11-12)5-6-15(19)17-7-10-20-9-2-8-18/h3-6,11,18H,2,7-10H2,1H3,(H,17,19)/b6-5+. The molecule has 0 fully saturated rings. The van der Waals surface area contributed by atoms with Crippen molar-refractivity contribution in [3.8, 4) is 0 Å². The van der Waals surface area contributed by atoms with Crippen molar-refractivity contribution >= 4 is 39.7 Å². The number of amides is 1. The molecule has 0 spiro atoms.